The molecule has 6 nitrogen and oxygen atoms in total. The molecule has 26 heavy (non-hydrogen) atoms. The first-order valence-corrected chi connectivity index (χ1v) is 9.45. The van der Waals surface area contributed by atoms with E-state index in [2.05, 4.69) is 36.9 Å². The number of aromatic nitrogens is 3. The van der Waals surface area contributed by atoms with Crippen LogP contribution in [0.2, 0.25) is 0 Å². The Morgan fingerprint density at radius 3 is 2.81 bits per heavy atom. The van der Waals surface area contributed by atoms with Crippen LogP contribution in [0.15, 0.2) is 53.1 Å². The summed E-state index contributed by atoms with van der Waals surface area (Å²) >= 11 is 1.67. The van der Waals surface area contributed by atoms with Crippen molar-refractivity contribution in [2.75, 3.05) is 20.6 Å². The summed E-state index contributed by atoms with van der Waals surface area (Å²) in [6.07, 6.45) is 4.87. The monoisotopic (exact) mass is 368 g/mol. The number of rotatable bonds is 6. The summed E-state index contributed by atoms with van der Waals surface area (Å²) in [5.74, 6) is 0.867. The van der Waals surface area contributed by atoms with Crippen molar-refractivity contribution in [2.24, 2.45) is 4.99 Å². The van der Waals surface area contributed by atoms with Crippen LogP contribution in [0.4, 0.5) is 0 Å². The van der Waals surface area contributed by atoms with Gasteiger partial charge in [-0.05, 0) is 31.0 Å². The van der Waals surface area contributed by atoms with E-state index in [9.17, 15) is 0 Å². The molecule has 0 amide bonds. The van der Waals surface area contributed by atoms with Crippen molar-refractivity contribution in [3.8, 4) is 5.69 Å². The van der Waals surface area contributed by atoms with Crippen molar-refractivity contribution in [2.45, 2.75) is 19.9 Å². The first-order valence-electron chi connectivity index (χ1n) is 8.57. The van der Waals surface area contributed by atoms with E-state index in [0.717, 1.165) is 41.9 Å². The van der Waals surface area contributed by atoms with Crippen molar-refractivity contribution < 1.29 is 0 Å². The topological polar surface area (TPSA) is 58.3 Å². The molecule has 0 atom stereocenters. The highest BCUT2D eigenvalue weighted by molar-refractivity contribution is 7.09. The molecular formula is C19H24N6S. The Bertz CT molecular complexity index is 852. The minimum absolute atomic E-state index is 0.746. The van der Waals surface area contributed by atoms with Crippen LogP contribution in [0.1, 0.15) is 16.3 Å². The predicted octanol–water partition coefficient (Wildman–Crippen LogP) is 2.89. The van der Waals surface area contributed by atoms with Crippen molar-refractivity contribution in [1.82, 2.24) is 25.0 Å². The van der Waals surface area contributed by atoms with Gasteiger partial charge in [0.25, 0.3) is 0 Å². The number of benzene rings is 1. The fourth-order valence-electron chi connectivity index (χ4n) is 2.71. The molecule has 0 bridgehead atoms. The number of para-hydroxylation sites is 1. The average Bonchev–Trinajstić information content (AvgIpc) is 3.28. The molecule has 2 heterocycles. The van der Waals surface area contributed by atoms with E-state index in [0.29, 0.717) is 0 Å². The molecule has 0 unspecified atom stereocenters. The zero-order valence-corrected chi connectivity index (χ0v) is 16.2. The molecule has 0 spiro atoms. The van der Waals surface area contributed by atoms with Gasteiger partial charge in [-0.15, -0.1) is 11.3 Å². The number of hydrogen-bond acceptors (Lipinski definition) is 4. The van der Waals surface area contributed by atoms with E-state index in [-0.39, 0.29) is 0 Å². The van der Waals surface area contributed by atoms with Crippen LogP contribution in [0.25, 0.3) is 5.69 Å². The van der Waals surface area contributed by atoms with Crippen molar-refractivity contribution in [3.05, 3.63) is 64.4 Å². The predicted molar refractivity (Wildman–Crippen MR) is 107 cm³/mol. The summed E-state index contributed by atoms with van der Waals surface area (Å²) in [6, 6.07) is 10.1. The maximum Gasteiger partial charge on any atom is 0.193 e. The maximum absolute atomic E-state index is 4.51. The van der Waals surface area contributed by atoms with Gasteiger partial charge in [-0.3, -0.25) is 4.99 Å². The highest BCUT2D eigenvalue weighted by Crippen LogP contribution is 2.10. The van der Waals surface area contributed by atoms with E-state index in [1.807, 2.05) is 55.2 Å². The maximum atomic E-state index is 4.51. The van der Waals surface area contributed by atoms with Crippen molar-refractivity contribution in [3.63, 3.8) is 0 Å². The Labute approximate surface area is 158 Å². The molecule has 7 heteroatoms. The van der Waals surface area contributed by atoms with Gasteiger partial charge < -0.3 is 10.2 Å². The largest absolute Gasteiger partial charge is 0.356 e. The van der Waals surface area contributed by atoms with Gasteiger partial charge >= 0.3 is 0 Å². The van der Waals surface area contributed by atoms with Gasteiger partial charge in [0.15, 0.2) is 5.96 Å². The molecule has 3 rings (SSSR count). The van der Waals surface area contributed by atoms with Gasteiger partial charge in [-0.1, -0.05) is 18.2 Å². The smallest absolute Gasteiger partial charge is 0.193 e. The Morgan fingerprint density at radius 2 is 2.12 bits per heavy atom. The minimum atomic E-state index is 0.746. The fourth-order valence-corrected chi connectivity index (χ4v) is 3.32. The van der Waals surface area contributed by atoms with E-state index >= 15 is 0 Å². The first-order chi connectivity index (χ1) is 12.7. The molecule has 0 saturated heterocycles. The Balaban J connectivity index is 1.51. The summed E-state index contributed by atoms with van der Waals surface area (Å²) in [5.41, 5.74) is 3.33. The van der Waals surface area contributed by atoms with E-state index < -0.39 is 0 Å². The highest BCUT2D eigenvalue weighted by Gasteiger charge is 2.09. The van der Waals surface area contributed by atoms with Crippen LogP contribution in [-0.2, 0) is 13.0 Å². The minimum Gasteiger partial charge on any atom is -0.356 e. The molecule has 3 aromatic rings. The van der Waals surface area contributed by atoms with Gasteiger partial charge in [0, 0.05) is 32.2 Å². The molecule has 2 aromatic heterocycles. The lowest BCUT2D eigenvalue weighted by Crippen LogP contribution is -2.39. The van der Waals surface area contributed by atoms with Gasteiger partial charge in [-0.25, -0.2) is 9.67 Å². The number of aryl methyl sites for hydroxylation is 1. The highest BCUT2D eigenvalue weighted by atomic mass is 32.1. The molecular weight excluding hydrogens is 344 g/mol. The van der Waals surface area contributed by atoms with Gasteiger partial charge in [-0.2, -0.15) is 5.10 Å². The van der Waals surface area contributed by atoms with E-state index in [4.69, 9.17) is 0 Å². The second-order valence-electron chi connectivity index (χ2n) is 6.07. The van der Waals surface area contributed by atoms with Gasteiger partial charge in [0.2, 0.25) is 0 Å². The second kappa shape index (κ2) is 8.62. The first kappa shape index (κ1) is 18.1. The number of nitrogens with one attached hydrogen (secondary N) is 1. The molecule has 1 N–H and O–H groups in total. The van der Waals surface area contributed by atoms with Crippen LogP contribution in [0.3, 0.4) is 0 Å². The summed E-state index contributed by atoms with van der Waals surface area (Å²) in [6.45, 7) is 3.57. The molecule has 0 saturated carbocycles. The zero-order chi connectivity index (χ0) is 18.4. The summed E-state index contributed by atoms with van der Waals surface area (Å²) in [5, 5.41) is 11.0. The number of thiazole rings is 1. The molecule has 136 valence electrons. The normalized spacial score (nSPS) is 11.6. The Hall–Kier alpha value is -2.67. The number of aliphatic imine (C=N–C) groups is 1. The lowest BCUT2D eigenvalue weighted by atomic mass is 10.2. The molecule has 0 aliphatic carbocycles. The lowest BCUT2D eigenvalue weighted by molar-refractivity contribution is 0.471. The molecule has 0 fully saturated rings. The summed E-state index contributed by atoms with van der Waals surface area (Å²) < 4.78 is 1.90. The second-order valence-corrected chi connectivity index (χ2v) is 7.13. The molecule has 0 aliphatic rings. The quantitative estimate of drug-likeness (QED) is 0.537. The van der Waals surface area contributed by atoms with Crippen LogP contribution < -0.4 is 5.32 Å². The number of guanidine groups is 1. The lowest BCUT2D eigenvalue weighted by Gasteiger charge is -2.21. The van der Waals surface area contributed by atoms with Crippen LogP contribution >= 0.6 is 11.3 Å². The Kier molecular flexibility index (Phi) is 6.01. The van der Waals surface area contributed by atoms with Crippen LogP contribution in [0.5, 0.6) is 0 Å². The summed E-state index contributed by atoms with van der Waals surface area (Å²) in [7, 11) is 3.83. The van der Waals surface area contributed by atoms with Crippen LogP contribution in [0, 0.1) is 6.92 Å². The number of hydrogen-bond donors (Lipinski definition) is 1. The third-order valence-electron chi connectivity index (χ3n) is 3.99. The average molecular weight is 369 g/mol. The number of nitrogens with zero attached hydrogens (tertiary/aromatic N) is 5. The fraction of sp³-hybridized carbons (Fsp3) is 0.316. The standard InChI is InChI=1S/C19H24N6S/c1-15-23-17(14-26-15)13-24(3)19(20-2)21-10-9-16-11-22-25(12-16)18-7-5-4-6-8-18/h4-8,11-12,14H,9-10,13H2,1-3H3,(H,20,21). The SMILES string of the molecule is CN=C(NCCc1cnn(-c2ccccc2)c1)N(C)Cc1csc(C)n1. The van der Waals surface area contributed by atoms with Crippen LogP contribution in [-0.4, -0.2) is 46.3 Å². The third-order valence-corrected chi connectivity index (χ3v) is 4.82. The summed E-state index contributed by atoms with van der Waals surface area (Å²) in [4.78, 5) is 11.0. The molecule has 0 radical (unpaired) electrons. The Morgan fingerprint density at radius 1 is 1.31 bits per heavy atom. The van der Waals surface area contributed by atoms with Gasteiger partial charge in [0.1, 0.15) is 0 Å². The molecule has 1 aromatic carbocycles. The van der Waals surface area contributed by atoms with Crippen molar-refractivity contribution in [1.29, 1.82) is 0 Å². The zero-order valence-electron chi connectivity index (χ0n) is 15.4. The van der Waals surface area contributed by atoms with Gasteiger partial charge in [0.05, 0.1) is 29.1 Å². The molecule has 0 aliphatic heterocycles. The van der Waals surface area contributed by atoms with Crippen molar-refractivity contribution >= 4 is 17.3 Å². The van der Waals surface area contributed by atoms with E-state index in [1.165, 1.54) is 5.56 Å². The third kappa shape index (κ3) is 4.70. The van der Waals surface area contributed by atoms with E-state index in [1.54, 1.807) is 18.4 Å².